The highest BCUT2D eigenvalue weighted by atomic mass is 32.2. The molecule has 2 heterocycles. The van der Waals surface area contributed by atoms with Gasteiger partial charge in [-0.25, -0.2) is 4.98 Å². The Morgan fingerprint density at radius 2 is 2.10 bits per heavy atom. The molecule has 0 saturated carbocycles. The fraction of sp³-hybridized carbons (Fsp3) is 0.333. The topological polar surface area (TPSA) is 33.2 Å². The maximum Gasteiger partial charge on any atom is 0.189 e. The molecule has 0 radical (unpaired) electrons. The van der Waals surface area contributed by atoms with Crippen molar-refractivity contribution in [1.82, 2.24) is 9.88 Å². The molecule has 112 valence electrons. The molecule has 0 aromatic carbocycles. The van der Waals surface area contributed by atoms with E-state index in [1.54, 1.807) is 46.7 Å². The molecule has 0 N–H and O–H groups in total. The quantitative estimate of drug-likeness (QED) is 0.457. The fourth-order valence-corrected chi connectivity index (χ4v) is 4.91. The second-order valence-corrected chi connectivity index (χ2v) is 7.81. The van der Waals surface area contributed by atoms with Crippen molar-refractivity contribution in [1.29, 1.82) is 0 Å². The van der Waals surface area contributed by atoms with Crippen LogP contribution < -0.4 is 0 Å². The smallest absolute Gasteiger partial charge is 0.189 e. The molecule has 0 spiro atoms. The lowest BCUT2D eigenvalue weighted by atomic mass is 10.1. The molecule has 0 atom stereocenters. The number of aryl methyl sites for hydroxylation is 1. The predicted molar refractivity (Wildman–Crippen MR) is 93.8 cm³/mol. The molecular weight excluding hydrogens is 320 g/mol. The van der Waals surface area contributed by atoms with Crippen LogP contribution in [0.5, 0.6) is 0 Å². The SMILES string of the molecule is CSc1sc(-c2nc(C)cs2)c(C)c1C(=O)C=CN(C)C. The maximum absolute atomic E-state index is 12.5. The molecule has 6 heteroatoms. The molecule has 0 fully saturated rings. The van der Waals surface area contributed by atoms with Crippen LogP contribution in [0.3, 0.4) is 0 Å². The number of thioether (sulfide) groups is 1. The van der Waals surface area contributed by atoms with Crippen LogP contribution in [-0.2, 0) is 0 Å². The lowest BCUT2D eigenvalue weighted by Gasteiger charge is -2.03. The zero-order chi connectivity index (χ0) is 15.6. The molecule has 0 aliphatic heterocycles. The fourth-order valence-electron chi connectivity index (χ4n) is 1.88. The van der Waals surface area contributed by atoms with Gasteiger partial charge in [0.1, 0.15) is 5.01 Å². The Balaban J connectivity index is 2.47. The summed E-state index contributed by atoms with van der Waals surface area (Å²) >= 11 is 4.91. The maximum atomic E-state index is 12.5. The van der Waals surface area contributed by atoms with Crippen LogP contribution in [0.25, 0.3) is 9.88 Å². The first-order chi connectivity index (χ1) is 9.93. The highest BCUT2D eigenvalue weighted by Gasteiger charge is 2.21. The van der Waals surface area contributed by atoms with Crippen molar-refractivity contribution >= 4 is 40.2 Å². The van der Waals surface area contributed by atoms with Crippen LogP contribution in [0, 0.1) is 13.8 Å². The largest absolute Gasteiger partial charge is 0.383 e. The number of carbonyl (C=O) groups excluding carboxylic acids is 1. The molecule has 3 nitrogen and oxygen atoms in total. The molecule has 0 aliphatic rings. The van der Waals surface area contributed by atoms with E-state index in [9.17, 15) is 4.79 Å². The number of nitrogens with zero attached hydrogens (tertiary/aromatic N) is 2. The summed E-state index contributed by atoms with van der Waals surface area (Å²) in [4.78, 5) is 20.0. The van der Waals surface area contributed by atoms with E-state index in [0.29, 0.717) is 0 Å². The zero-order valence-corrected chi connectivity index (χ0v) is 15.2. The Hall–Kier alpha value is -1.11. The summed E-state index contributed by atoms with van der Waals surface area (Å²) < 4.78 is 1.06. The van der Waals surface area contributed by atoms with Gasteiger partial charge in [-0.05, 0) is 25.7 Å². The summed E-state index contributed by atoms with van der Waals surface area (Å²) in [7, 11) is 3.81. The average Bonchev–Trinajstić information content (AvgIpc) is 2.99. The van der Waals surface area contributed by atoms with Crippen LogP contribution in [-0.4, -0.2) is 36.0 Å². The summed E-state index contributed by atoms with van der Waals surface area (Å²) in [6, 6.07) is 0. The van der Waals surface area contributed by atoms with Gasteiger partial charge >= 0.3 is 0 Å². The van der Waals surface area contributed by atoms with Gasteiger partial charge in [0, 0.05) is 37.4 Å². The Morgan fingerprint density at radius 1 is 1.38 bits per heavy atom. The predicted octanol–water partition coefficient (Wildman–Crippen LogP) is 4.47. The lowest BCUT2D eigenvalue weighted by molar-refractivity contribution is 0.104. The van der Waals surface area contributed by atoms with Crippen molar-refractivity contribution in [2.45, 2.75) is 18.1 Å². The highest BCUT2D eigenvalue weighted by molar-refractivity contribution is 8.00. The second kappa shape index (κ2) is 6.77. The first-order valence-corrected chi connectivity index (χ1v) is 9.35. The summed E-state index contributed by atoms with van der Waals surface area (Å²) in [6.07, 6.45) is 5.43. The molecule has 2 rings (SSSR count). The van der Waals surface area contributed by atoms with Gasteiger partial charge in [0.05, 0.1) is 14.6 Å². The Bertz CT molecular complexity index is 683. The Labute approximate surface area is 137 Å². The highest BCUT2D eigenvalue weighted by Crippen LogP contribution is 2.42. The summed E-state index contributed by atoms with van der Waals surface area (Å²) in [5.41, 5.74) is 2.87. The van der Waals surface area contributed by atoms with E-state index in [2.05, 4.69) is 4.98 Å². The van der Waals surface area contributed by atoms with Crippen LogP contribution >= 0.6 is 34.4 Å². The lowest BCUT2D eigenvalue weighted by Crippen LogP contribution is -2.04. The number of aromatic nitrogens is 1. The molecule has 0 saturated heterocycles. The minimum Gasteiger partial charge on any atom is -0.383 e. The summed E-state index contributed by atoms with van der Waals surface area (Å²) in [6.45, 7) is 4.00. The number of thiophene rings is 1. The second-order valence-electron chi connectivity index (χ2n) is 4.86. The normalized spacial score (nSPS) is 11.3. The van der Waals surface area contributed by atoms with Crippen molar-refractivity contribution in [3.05, 3.63) is 34.5 Å². The van der Waals surface area contributed by atoms with Crippen molar-refractivity contribution in [3.8, 4) is 9.88 Å². The van der Waals surface area contributed by atoms with Gasteiger partial charge in [-0.1, -0.05) is 0 Å². The van der Waals surface area contributed by atoms with Gasteiger partial charge in [-0.2, -0.15) is 0 Å². The van der Waals surface area contributed by atoms with Crippen LogP contribution in [0.2, 0.25) is 0 Å². The van der Waals surface area contributed by atoms with Crippen LogP contribution in [0.1, 0.15) is 21.6 Å². The minimum atomic E-state index is 0.0568. The van der Waals surface area contributed by atoms with Crippen molar-refractivity contribution in [3.63, 3.8) is 0 Å². The van der Waals surface area contributed by atoms with Gasteiger partial charge in [-0.15, -0.1) is 34.4 Å². The summed E-state index contributed by atoms with van der Waals surface area (Å²) in [5.74, 6) is 0.0568. The number of thiazole rings is 1. The molecular formula is C15H18N2OS3. The average molecular weight is 339 g/mol. The van der Waals surface area contributed by atoms with Crippen molar-refractivity contribution in [2.75, 3.05) is 20.4 Å². The minimum absolute atomic E-state index is 0.0568. The van der Waals surface area contributed by atoms with Gasteiger partial charge in [0.25, 0.3) is 0 Å². The third kappa shape index (κ3) is 3.56. The first kappa shape index (κ1) is 16.3. The van der Waals surface area contributed by atoms with Gasteiger partial charge < -0.3 is 4.90 Å². The third-order valence-corrected chi connectivity index (χ3v) is 6.41. The van der Waals surface area contributed by atoms with Gasteiger partial charge in [-0.3, -0.25) is 4.79 Å². The van der Waals surface area contributed by atoms with Gasteiger partial charge in [0.2, 0.25) is 0 Å². The number of ketones is 1. The molecule has 2 aromatic heterocycles. The van der Waals surface area contributed by atoms with E-state index >= 15 is 0 Å². The van der Waals surface area contributed by atoms with E-state index in [4.69, 9.17) is 0 Å². The van der Waals surface area contributed by atoms with E-state index in [1.165, 1.54) is 0 Å². The molecule has 21 heavy (non-hydrogen) atoms. The first-order valence-electron chi connectivity index (χ1n) is 6.43. The van der Waals surface area contributed by atoms with E-state index in [0.717, 1.165) is 30.9 Å². The monoisotopic (exact) mass is 338 g/mol. The molecule has 0 amide bonds. The number of rotatable bonds is 5. The molecule has 0 unspecified atom stereocenters. The van der Waals surface area contributed by atoms with Crippen molar-refractivity contribution in [2.24, 2.45) is 0 Å². The Kier molecular flexibility index (Phi) is 5.24. The van der Waals surface area contributed by atoms with Crippen LogP contribution in [0.4, 0.5) is 0 Å². The number of hydrogen-bond acceptors (Lipinski definition) is 6. The van der Waals surface area contributed by atoms with Crippen molar-refractivity contribution < 1.29 is 4.79 Å². The number of hydrogen-bond donors (Lipinski definition) is 0. The van der Waals surface area contributed by atoms with E-state index < -0.39 is 0 Å². The third-order valence-electron chi connectivity index (χ3n) is 2.88. The van der Waals surface area contributed by atoms with E-state index in [1.807, 2.05) is 44.5 Å². The van der Waals surface area contributed by atoms with E-state index in [-0.39, 0.29) is 5.78 Å². The number of carbonyl (C=O) groups is 1. The molecule has 0 bridgehead atoms. The van der Waals surface area contributed by atoms with Crippen LogP contribution in [0.15, 0.2) is 21.9 Å². The molecule has 2 aromatic rings. The number of allylic oxidation sites excluding steroid dienone is 1. The van der Waals surface area contributed by atoms with Gasteiger partial charge in [0.15, 0.2) is 5.78 Å². The molecule has 0 aliphatic carbocycles. The Morgan fingerprint density at radius 3 is 2.62 bits per heavy atom. The standard InChI is InChI=1S/C15H18N2OS3/c1-9-8-20-14(16-9)13-10(2)12(15(19-5)21-13)11(18)6-7-17(3)4/h6-8H,1-5H3. The summed E-state index contributed by atoms with van der Waals surface area (Å²) in [5, 5.41) is 3.04. The zero-order valence-electron chi connectivity index (χ0n) is 12.8.